The number of pyridine rings is 1. The van der Waals surface area contributed by atoms with E-state index in [2.05, 4.69) is 22.0 Å². The summed E-state index contributed by atoms with van der Waals surface area (Å²) in [5, 5.41) is 1.11. The van der Waals surface area contributed by atoms with E-state index in [1.54, 1.807) is 26.6 Å². The average molecular weight is 417 g/mol. The zero-order chi connectivity index (χ0) is 19.9. The minimum Gasteiger partial charge on any atom is -0.493 e. The van der Waals surface area contributed by atoms with E-state index in [0.29, 0.717) is 28.1 Å². The molecule has 0 saturated carbocycles. The molecule has 3 aromatic rings. The average Bonchev–Trinajstić information content (AvgIpc) is 2.73. The molecular formula is C22H22Cl2N2O2. The Kier molecular flexibility index (Phi) is 7.01. The van der Waals surface area contributed by atoms with Crippen LogP contribution >= 0.6 is 23.2 Å². The molecule has 0 aliphatic heterocycles. The number of ether oxygens (including phenoxy) is 2. The number of benzene rings is 2. The van der Waals surface area contributed by atoms with E-state index in [9.17, 15) is 0 Å². The van der Waals surface area contributed by atoms with Crippen molar-refractivity contribution in [3.63, 3.8) is 0 Å². The molecule has 2 aromatic carbocycles. The molecule has 1 aromatic heterocycles. The summed E-state index contributed by atoms with van der Waals surface area (Å²) < 4.78 is 10.8. The largest absolute Gasteiger partial charge is 0.493 e. The van der Waals surface area contributed by atoms with Crippen LogP contribution in [-0.4, -0.2) is 25.7 Å². The molecule has 0 bridgehead atoms. The van der Waals surface area contributed by atoms with Gasteiger partial charge in [0.1, 0.15) is 0 Å². The second kappa shape index (κ2) is 9.67. The summed E-state index contributed by atoms with van der Waals surface area (Å²) in [6.45, 7) is 1.34. The highest BCUT2D eigenvalue weighted by Gasteiger charge is 2.15. The predicted octanol–water partition coefficient (Wildman–Crippen LogP) is 5.65. The molecule has 0 amide bonds. The first-order chi connectivity index (χ1) is 13.6. The highest BCUT2D eigenvalue weighted by molar-refractivity contribution is 6.35. The van der Waals surface area contributed by atoms with E-state index in [0.717, 1.165) is 24.2 Å². The molecule has 4 nitrogen and oxygen atoms in total. The normalized spacial score (nSPS) is 10.6. The molecule has 28 heavy (non-hydrogen) atoms. The van der Waals surface area contributed by atoms with E-state index in [-0.39, 0.29) is 0 Å². The van der Waals surface area contributed by atoms with Gasteiger partial charge in [-0.25, -0.2) is 0 Å². The summed E-state index contributed by atoms with van der Waals surface area (Å²) in [5.41, 5.74) is 3.11. The van der Waals surface area contributed by atoms with Crippen molar-refractivity contribution >= 4 is 28.9 Å². The smallest absolute Gasteiger partial charge is 0.162 e. The van der Waals surface area contributed by atoms with Crippen LogP contribution in [0.5, 0.6) is 11.5 Å². The molecule has 0 radical (unpaired) electrons. The second-order valence-electron chi connectivity index (χ2n) is 6.28. The van der Waals surface area contributed by atoms with Gasteiger partial charge in [-0.2, -0.15) is 0 Å². The van der Waals surface area contributed by atoms with E-state index >= 15 is 0 Å². The van der Waals surface area contributed by atoms with Crippen molar-refractivity contribution in [2.75, 3.05) is 25.7 Å². The van der Waals surface area contributed by atoms with Crippen LogP contribution in [0, 0.1) is 0 Å². The van der Waals surface area contributed by atoms with Crippen LogP contribution in [0.4, 0.5) is 5.69 Å². The Morgan fingerprint density at radius 2 is 1.57 bits per heavy atom. The maximum atomic E-state index is 6.37. The van der Waals surface area contributed by atoms with Crippen LogP contribution in [0.1, 0.15) is 11.1 Å². The lowest BCUT2D eigenvalue weighted by Gasteiger charge is -2.27. The third kappa shape index (κ3) is 4.89. The van der Waals surface area contributed by atoms with Crippen molar-refractivity contribution in [2.45, 2.75) is 13.0 Å². The fourth-order valence-corrected chi connectivity index (χ4v) is 3.49. The lowest BCUT2D eigenvalue weighted by molar-refractivity contribution is 0.355. The van der Waals surface area contributed by atoms with Crippen molar-refractivity contribution in [2.24, 2.45) is 0 Å². The topological polar surface area (TPSA) is 34.6 Å². The van der Waals surface area contributed by atoms with E-state index in [4.69, 9.17) is 32.7 Å². The van der Waals surface area contributed by atoms with Gasteiger partial charge >= 0.3 is 0 Å². The van der Waals surface area contributed by atoms with Gasteiger partial charge in [0.25, 0.3) is 0 Å². The second-order valence-corrected chi connectivity index (χ2v) is 7.09. The van der Waals surface area contributed by atoms with Gasteiger partial charge in [0.2, 0.25) is 0 Å². The SMILES string of the molecule is COc1ccc(N(CCc2ccccc2)Cc2c(Cl)cncc2Cl)cc1OC. The summed E-state index contributed by atoms with van der Waals surface area (Å²) in [4.78, 5) is 6.27. The molecule has 0 atom stereocenters. The van der Waals surface area contributed by atoms with Gasteiger partial charge in [0.05, 0.1) is 24.3 Å². The molecule has 146 valence electrons. The number of methoxy groups -OCH3 is 2. The number of rotatable bonds is 8. The van der Waals surface area contributed by atoms with E-state index in [1.165, 1.54) is 5.56 Å². The Bertz CT molecular complexity index is 899. The van der Waals surface area contributed by atoms with E-state index in [1.807, 2.05) is 36.4 Å². The van der Waals surface area contributed by atoms with Crippen LogP contribution in [0.2, 0.25) is 10.0 Å². The minimum atomic E-state index is 0.553. The van der Waals surface area contributed by atoms with Gasteiger partial charge in [0.15, 0.2) is 11.5 Å². The minimum absolute atomic E-state index is 0.553. The number of halogens is 2. The standard InChI is InChI=1S/C22H22Cl2N2O2/c1-27-21-9-8-17(12-22(21)28-2)26(11-10-16-6-4-3-5-7-16)15-18-19(23)13-25-14-20(18)24/h3-9,12-14H,10-11,15H2,1-2H3. The first-order valence-corrected chi connectivity index (χ1v) is 9.66. The molecule has 0 unspecified atom stereocenters. The van der Waals surface area contributed by atoms with Crippen LogP contribution < -0.4 is 14.4 Å². The van der Waals surface area contributed by atoms with Crippen LogP contribution in [0.15, 0.2) is 60.9 Å². The maximum absolute atomic E-state index is 6.37. The monoisotopic (exact) mass is 416 g/mol. The third-order valence-corrected chi connectivity index (χ3v) is 5.20. The quantitative estimate of drug-likeness (QED) is 0.474. The Hall–Kier alpha value is -2.43. The molecule has 3 rings (SSSR count). The van der Waals surface area contributed by atoms with Crippen LogP contribution in [0.25, 0.3) is 0 Å². The van der Waals surface area contributed by atoms with Gasteiger partial charge in [0, 0.05) is 42.8 Å². The lowest BCUT2D eigenvalue weighted by Crippen LogP contribution is -2.25. The summed E-state index contributed by atoms with van der Waals surface area (Å²) in [6, 6.07) is 16.2. The number of hydrogen-bond acceptors (Lipinski definition) is 4. The van der Waals surface area contributed by atoms with Gasteiger partial charge in [-0.3, -0.25) is 4.98 Å². The number of hydrogen-bond donors (Lipinski definition) is 0. The van der Waals surface area contributed by atoms with Crippen molar-refractivity contribution in [1.29, 1.82) is 0 Å². The summed E-state index contributed by atoms with van der Waals surface area (Å²) in [7, 11) is 3.26. The highest BCUT2D eigenvalue weighted by atomic mass is 35.5. The molecule has 6 heteroatoms. The van der Waals surface area contributed by atoms with E-state index < -0.39 is 0 Å². The Morgan fingerprint density at radius 1 is 0.893 bits per heavy atom. The zero-order valence-corrected chi connectivity index (χ0v) is 17.4. The predicted molar refractivity (Wildman–Crippen MR) is 115 cm³/mol. The number of nitrogens with zero attached hydrogens (tertiary/aromatic N) is 2. The first-order valence-electron chi connectivity index (χ1n) is 8.91. The van der Waals surface area contributed by atoms with Gasteiger partial charge in [-0.1, -0.05) is 53.5 Å². The molecule has 0 spiro atoms. The number of anilines is 1. The fraction of sp³-hybridized carbons (Fsp3) is 0.227. The molecule has 0 aliphatic carbocycles. The lowest BCUT2D eigenvalue weighted by atomic mass is 10.1. The zero-order valence-electron chi connectivity index (χ0n) is 15.9. The summed E-state index contributed by atoms with van der Waals surface area (Å²) in [6.07, 6.45) is 4.12. The molecule has 0 N–H and O–H groups in total. The molecule has 0 fully saturated rings. The van der Waals surface area contributed by atoms with Crippen molar-refractivity contribution < 1.29 is 9.47 Å². The van der Waals surface area contributed by atoms with Crippen molar-refractivity contribution in [3.8, 4) is 11.5 Å². The Morgan fingerprint density at radius 3 is 2.21 bits per heavy atom. The van der Waals surface area contributed by atoms with Crippen molar-refractivity contribution in [1.82, 2.24) is 4.98 Å². The fourth-order valence-electron chi connectivity index (χ4n) is 3.01. The Balaban J connectivity index is 1.92. The third-order valence-electron chi connectivity index (χ3n) is 4.55. The summed E-state index contributed by atoms with van der Waals surface area (Å²) in [5.74, 6) is 1.37. The van der Waals surface area contributed by atoms with Gasteiger partial charge < -0.3 is 14.4 Å². The summed E-state index contributed by atoms with van der Waals surface area (Å²) >= 11 is 12.7. The van der Waals surface area contributed by atoms with Gasteiger partial charge in [-0.05, 0) is 24.1 Å². The molecule has 0 saturated heterocycles. The number of aromatic nitrogens is 1. The molecule has 1 heterocycles. The van der Waals surface area contributed by atoms with Crippen LogP contribution in [-0.2, 0) is 13.0 Å². The molecular weight excluding hydrogens is 395 g/mol. The van der Waals surface area contributed by atoms with Gasteiger partial charge in [-0.15, -0.1) is 0 Å². The maximum Gasteiger partial charge on any atom is 0.162 e. The molecule has 0 aliphatic rings. The van der Waals surface area contributed by atoms with Crippen LogP contribution in [0.3, 0.4) is 0 Å². The highest BCUT2D eigenvalue weighted by Crippen LogP contribution is 2.33. The van der Waals surface area contributed by atoms with Crippen molar-refractivity contribution in [3.05, 3.63) is 82.1 Å². The Labute approximate surface area is 175 Å². The first kappa shape index (κ1) is 20.3.